The predicted octanol–water partition coefficient (Wildman–Crippen LogP) is 5.88. The number of fused-ring (bicyclic) bond motifs is 1. The molecule has 59 heavy (non-hydrogen) atoms. The Bertz CT molecular complexity index is 2560. The number of nitriles is 1. The number of amides is 1. The first-order valence-electron chi connectivity index (χ1n) is 18.8. The highest BCUT2D eigenvalue weighted by Crippen LogP contribution is 2.40. The SMILES string of the molecule is COc1nc(-c2cccc(-c3cccc4c3cnn4Cc3cc(OCc4cncc(C#N)c4)c(CN[C@@H](CO)C(=O)O)cc3Cl)c2Cl)ccc1CNCC1CCC(=O)N1. The van der Waals surface area contributed by atoms with Crippen molar-refractivity contribution in [1.82, 2.24) is 35.7 Å². The molecule has 1 fully saturated rings. The van der Waals surface area contributed by atoms with Crippen LogP contribution in [0.5, 0.6) is 11.6 Å². The van der Waals surface area contributed by atoms with Gasteiger partial charge in [-0.15, -0.1) is 0 Å². The molecular weight excluding hydrogens is 795 g/mol. The molecule has 6 aromatic rings. The fourth-order valence-corrected chi connectivity index (χ4v) is 7.56. The molecule has 2 atom stereocenters. The van der Waals surface area contributed by atoms with E-state index in [0.717, 1.165) is 39.6 Å². The average molecular weight is 836 g/mol. The molecule has 7 rings (SSSR count). The summed E-state index contributed by atoms with van der Waals surface area (Å²) in [6.45, 7) is 0.970. The third kappa shape index (κ3) is 9.46. The second-order valence-corrected chi connectivity index (χ2v) is 14.8. The lowest BCUT2D eigenvalue weighted by Crippen LogP contribution is -2.39. The lowest BCUT2D eigenvalue weighted by atomic mass is 9.98. The third-order valence-electron chi connectivity index (χ3n) is 10.1. The minimum absolute atomic E-state index is 0.0449. The first-order chi connectivity index (χ1) is 28.6. The van der Waals surface area contributed by atoms with Crippen molar-refractivity contribution in [1.29, 1.82) is 5.26 Å². The Morgan fingerprint density at radius 2 is 1.85 bits per heavy atom. The normalized spacial score (nSPS) is 14.2. The first kappa shape index (κ1) is 41.1. The number of methoxy groups -OCH3 is 1. The molecule has 14 nitrogen and oxygen atoms in total. The number of hydrogen-bond donors (Lipinski definition) is 5. The van der Waals surface area contributed by atoms with Crippen LogP contribution in [0.3, 0.4) is 0 Å². The van der Waals surface area contributed by atoms with Crippen molar-refractivity contribution < 1.29 is 29.3 Å². The minimum atomic E-state index is -1.20. The van der Waals surface area contributed by atoms with Crippen LogP contribution >= 0.6 is 23.2 Å². The monoisotopic (exact) mass is 834 g/mol. The number of ether oxygens (including phenoxy) is 2. The maximum Gasteiger partial charge on any atom is 0.323 e. The van der Waals surface area contributed by atoms with Gasteiger partial charge >= 0.3 is 5.97 Å². The van der Waals surface area contributed by atoms with Gasteiger partial charge < -0.3 is 30.3 Å². The molecule has 3 aromatic carbocycles. The number of rotatable bonds is 17. The number of benzene rings is 3. The molecule has 1 aliphatic heterocycles. The van der Waals surface area contributed by atoms with Crippen molar-refractivity contribution in [3.63, 3.8) is 0 Å². The van der Waals surface area contributed by atoms with E-state index >= 15 is 0 Å². The van der Waals surface area contributed by atoms with Gasteiger partial charge in [-0.3, -0.25) is 24.6 Å². The molecular formula is C43H40Cl2N8O6. The zero-order valence-electron chi connectivity index (χ0n) is 31.9. The number of carboxylic acid groups (broad SMARTS) is 1. The van der Waals surface area contributed by atoms with Crippen LogP contribution < -0.4 is 25.4 Å². The van der Waals surface area contributed by atoms with Crippen LogP contribution in [0.4, 0.5) is 0 Å². The molecule has 302 valence electrons. The summed E-state index contributed by atoms with van der Waals surface area (Å²) in [6, 6.07) is 21.7. The zero-order chi connectivity index (χ0) is 41.5. The van der Waals surface area contributed by atoms with Crippen LogP contribution in [-0.2, 0) is 35.8 Å². The van der Waals surface area contributed by atoms with Crippen LogP contribution in [0.2, 0.25) is 10.0 Å². The summed E-state index contributed by atoms with van der Waals surface area (Å²) in [7, 11) is 1.58. The van der Waals surface area contributed by atoms with Gasteiger partial charge in [0.1, 0.15) is 24.5 Å². The van der Waals surface area contributed by atoms with Crippen LogP contribution in [-0.4, -0.2) is 74.2 Å². The number of nitrogens with one attached hydrogen (secondary N) is 3. The largest absolute Gasteiger partial charge is 0.489 e. The highest BCUT2D eigenvalue weighted by atomic mass is 35.5. The number of nitrogens with zero attached hydrogens (tertiary/aromatic N) is 5. The van der Waals surface area contributed by atoms with E-state index in [0.29, 0.717) is 69.1 Å². The molecule has 1 unspecified atom stereocenters. The summed E-state index contributed by atoms with van der Waals surface area (Å²) in [4.78, 5) is 32.1. The highest BCUT2D eigenvalue weighted by Gasteiger charge is 2.22. The van der Waals surface area contributed by atoms with Gasteiger partial charge in [0.2, 0.25) is 11.8 Å². The van der Waals surface area contributed by atoms with Gasteiger partial charge in [0, 0.05) is 82.7 Å². The topological polar surface area (TPSA) is 197 Å². The van der Waals surface area contributed by atoms with E-state index in [2.05, 4.69) is 27.0 Å². The van der Waals surface area contributed by atoms with Crippen molar-refractivity contribution in [2.24, 2.45) is 0 Å². The van der Waals surface area contributed by atoms with Crippen molar-refractivity contribution in [2.75, 3.05) is 20.3 Å². The highest BCUT2D eigenvalue weighted by molar-refractivity contribution is 6.36. The number of carbonyl (C=O) groups excluding carboxylic acids is 1. The Morgan fingerprint density at radius 3 is 2.61 bits per heavy atom. The second kappa shape index (κ2) is 18.7. The number of halogens is 2. The Balaban J connectivity index is 1.14. The average Bonchev–Trinajstić information content (AvgIpc) is 3.86. The molecule has 5 N–H and O–H groups in total. The van der Waals surface area contributed by atoms with Gasteiger partial charge in [-0.1, -0.05) is 59.6 Å². The minimum Gasteiger partial charge on any atom is -0.489 e. The smallest absolute Gasteiger partial charge is 0.323 e. The molecule has 0 spiro atoms. The standard InChI is InChI=1S/C43H40Cl2N8O6/c1-58-42-27(18-48-20-30-9-11-40(55)51-30)8-10-36(52-42)33-6-2-5-32(41(33)45)31-4-3-7-38-34(31)21-50-53(38)22-29-14-39(59-24-26-12-25(15-46)16-47-17-26)28(13-35(29)44)19-49-37(23-54)43(56)57/h2-8,10,12-14,16-17,21,30,37,48-49,54H,9,11,18-20,22-24H2,1H3,(H,51,55)(H,56,57)/t30?,37-/m0/s1. The Labute approximate surface area is 349 Å². The maximum atomic E-state index is 11.6. The summed E-state index contributed by atoms with van der Waals surface area (Å²) in [5, 5.41) is 44.1. The first-order valence-corrected chi connectivity index (χ1v) is 19.5. The Kier molecular flexibility index (Phi) is 13.0. The van der Waals surface area contributed by atoms with Gasteiger partial charge in [0.25, 0.3) is 0 Å². The quantitative estimate of drug-likeness (QED) is 0.0734. The number of carboxylic acids is 1. The lowest BCUT2D eigenvalue weighted by molar-refractivity contribution is -0.140. The van der Waals surface area contributed by atoms with Gasteiger partial charge in [0.05, 0.1) is 48.3 Å². The lowest BCUT2D eigenvalue weighted by Gasteiger charge is -2.18. The number of aromatic nitrogens is 4. The molecule has 0 bridgehead atoms. The number of aliphatic hydroxyl groups is 1. The Hall–Kier alpha value is -6.08. The number of pyridine rings is 2. The second-order valence-electron chi connectivity index (χ2n) is 14.0. The van der Waals surface area contributed by atoms with E-state index in [4.69, 9.17) is 42.8 Å². The van der Waals surface area contributed by atoms with Crippen LogP contribution in [0.15, 0.2) is 85.3 Å². The van der Waals surface area contributed by atoms with Gasteiger partial charge in [0.15, 0.2) is 0 Å². The summed E-state index contributed by atoms with van der Waals surface area (Å²) in [6.07, 6.45) is 6.21. The van der Waals surface area contributed by atoms with E-state index in [-0.39, 0.29) is 31.6 Å². The van der Waals surface area contributed by atoms with E-state index in [1.165, 1.54) is 6.20 Å². The molecule has 0 saturated carbocycles. The van der Waals surface area contributed by atoms with Crippen LogP contribution in [0.1, 0.15) is 40.7 Å². The summed E-state index contributed by atoms with van der Waals surface area (Å²) in [5.41, 5.74) is 7.06. The molecule has 3 aromatic heterocycles. The maximum absolute atomic E-state index is 11.6. The number of aliphatic carboxylic acids is 1. The summed E-state index contributed by atoms with van der Waals surface area (Å²) in [5.74, 6) is -0.210. The summed E-state index contributed by atoms with van der Waals surface area (Å²) >= 11 is 14.0. The van der Waals surface area contributed by atoms with Crippen molar-refractivity contribution >= 4 is 46.0 Å². The zero-order valence-corrected chi connectivity index (χ0v) is 33.4. The molecule has 4 heterocycles. The van der Waals surface area contributed by atoms with E-state index < -0.39 is 18.6 Å². The fraction of sp³-hybridized carbons (Fsp3) is 0.256. The molecule has 1 amide bonds. The van der Waals surface area contributed by atoms with E-state index in [1.54, 1.807) is 37.7 Å². The summed E-state index contributed by atoms with van der Waals surface area (Å²) < 4.78 is 13.7. The molecule has 1 saturated heterocycles. The van der Waals surface area contributed by atoms with Gasteiger partial charge in [-0.2, -0.15) is 10.4 Å². The van der Waals surface area contributed by atoms with Gasteiger partial charge in [-0.25, -0.2) is 4.98 Å². The van der Waals surface area contributed by atoms with E-state index in [9.17, 15) is 25.1 Å². The Morgan fingerprint density at radius 1 is 1.03 bits per heavy atom. The van der Waals surface area contributed by atoms with Crippen molar-refractivity contribution in [3.05, 3.63) is 123 Å². The van der Waals surface area contributed by atoms with Crippen molar-refractivity contribution in [2.45, 2.75) is 51.2 Å². The van der Waals surface area contributed by atoms with Crippen molar-refractivity contribution in [3.8, 4) is 40.1 Å². The number of aliphatic hydroxyl groups excluding tert-OH is 1. The third-order valence-corrected chi connectivity index (χ3v) is 10.8. The van der Waals surface area contributed by atoms with Crippen LogP contribution in [0.25, 0.3) is 33.3 Å². The molecule has 0 aliphatic carbocycles. The molecule has 0 radical (unpaired) electrons. The van der Waals surface area contributed by atoms with Crippen LogP contribution in [0, 0.1) is 11.3 Å². The van der Waals surface area contributed by atoms with E-state index in [1.807, 2.05) is 53.2 Å². The predicted molar refractivity (Wildman–Crippen MR) is 222 cm³/mol. The number of hydrogen-bond acceptors (Lipinski definition) is 11. The molecule has 1 aliphatic rings. The number of carbonyl (C=O) groups is 2. The van der Waals surface area contributed by atoms with Gasteiger partial charge in [-0.05, 0) is 47.9 Å². The fourth-order valence-electron chi connectivity index (χ4n) is 6.99. The molecule has 16 heteroatoms.